The third kappa shape index (κ3) is 4.58. The van der Waals surface area contributed by atoms with Gasteiger partial charge in [0.05, 0.1) is 23.3 Å². The first kappa shape index (κ1) is 21.7. The first-order chi connectivity index (χ1) is 16.0. The second-order valence-corrected chi connectivity index (χ2v) is 7.48. The highest BCUT2D eigenvalue weighted by molar-refractivity contribution is 6.00. The van der Waals surface area contributed by atoms with Crippen molar-refractivity contribution in [2.75, 3.05) is 0 Å². The summed E-state index contributed by atoms with van der Waals surface area (Å²) >= 11 is 0. The van der Waals surface area contributed by atoms with Crippen LogP contribution in [0, 0.1) is 17.1 Å². The van der Waals surface area contributed by atoms with E-state index < -0.39 is 11.8 Å². The molecule has 1 aromatic heterocycles. The van der Waals surface area contributed by atoms with Gasteiger partial charge in [-0.15, -0.1) is 0 Å². The summed E-state index contributed by atoms with van der Waals surface area (Å²) in [5.41, 5.74) is 5.77. The van der Waals surface area contributed by atoms with Crippen molar-refractivity contribution in [2.24, 2.45) is 0 Å². The highest BCUT2D eigenvalue weighted by Crippen LogP contribution is 2.36. The largest absolute Gasteiger partial charge is 0.478 e. The minimum atomic E-state index is -1.02. The Morgan fingerprint density at radius 1 is 1.12 bits per heavy atom. The highest BCUT2D eigenvalue weighted by Gasteiger charge is 2.17. The molecule has 6 heteroatoms. The maximum absolute atomic E-state index is 15.0. The van der Waals surface area contributed by atoms with E-state index in [1.807, 2.05) is 55.5 Å². The number of rotatable bonds is 6. The van der Waals surface area contributed by atoms with Gasteiger partial charge in [0, 0.05) is 17.0 Å². The molecule has 162 valence electrons. The number of carboxylic acid groups (broad SMARTS) is 1. The minimum Gasteiger partial charge on any atom is -0.478 e. The number of allylic oxidation sites excluding steroid dienone is 1. The number of aromatic amines is 1. The summed E-state index contributed by atoms with van der Waals surface area (Å²) in [6, 6.07) is 19.8. The van der Waals surface area contributed by atoms with E-state index in [1.54, 1.807) is 18.3 Å². The van der Waals surface area contributed by atoms with E-state index in [0.717, 1.165) is 44.8 Å². The van der Waals surface area contributed by atoms with Crippen LogP contribution in [0.15, 0.2) is 72.9 Å². The number of fused-ring (bicyclic) bond motifs is 1. The second-order valence-electron chi connectivity index (χ2n) is 7.48. The fourth-order valence-electron chi connectivity index (χ4n) is 3.87. The Bertz CT molecular complexity index is 1440. The minimum absolute atomic E-state index is 0.266. The van der Waals surface area contributed by atoms with Crippen molar-refractivity contribution in [3.63, 3.8) is 0 Å². The Hall–Kier alpha value is -4.50. The number of benzene rings is 3. The predicted molar refractivity (Wildman–Crippen MR) is 127 cm³/mol. The van der Waals surface area contributed by atoms with E-state index >= 15 is 4.39 Å². The number of nitrogens with zero attached hydrogens (tertiary/aromatic N) is 2. The molecule has 0 aliphatic rings. The van der Waals surface area contributed by atoms with E-state index in [0.29, 0.717) is 12.0 Å². The summed E-state index contributed by atoms with van der Waals surface area (Å²) in [7, 11) is 0. The maximum Gasteiger partial charge on any atom is 0.328 e. The molecule has 0 radical (unpaired) electrons. The number of nitriles is 1. The molecule has 5 nitrogen and oxygen atoms in total. The molecular formula is C27H20FN3O2. The van der Waals surface area contributed by atoms with E-state index in [4.69, 9.17) is 10.4 Å². The summed E-state index contributed by atoms with van der Waals surface area (Å²) in [6.45, 7) is 1.97. The van der Waals surface area contributed by atoms with Crippen LogP contribution >= 0.6 is 0 Å². The Labute approximate surface area is 190 Å². The van der Waals surface area contributed by atoms with Crippen LogP contribution in [0.2, 0.25) is 0 Å². The Morgan fingerprint density at radius 2 is 1.88 bits per heavy atom. The second kappa shape index (κ2) is 9.33. The van der Waals surface area contributed by atoms with Crippen LogP contribution in [0.3, 0.4) is 0 Å². The number of aliphatic carboxylic acids is 1. The lowest BCUT2D eigenvalue weighted by Crippen LogP contribution is -1.98. The van der Waals surface area contributed by atoms with Gasteiger partial charge in [-0.3, -0.25) is 5.10 Å². The molecule has 0 fully saturated rings. The number of hydrogen-bond acceptors (Lipinski definition) is 3. The maximum atomic E-state index is 15.0. The van der Waals surface area contributed by atoms with Crippen LogP contribution in [-0.2, 0) is 4.79 Å². The van der Waals surface area contributed by atoms with Gasteiger partial charge in [0.25, 0.3) is 0 Å². The van der Waals surface area contributed by atoms with E-state index in [-0.39, 0.29) is 5.56 Å². The third-order valence-corrected chi connectivity index (χ3v) is 5.43. The van der Waals surface area contributed by atoms with Crippen LogP contribution < -0.4 is 0 Å². The molecular weight excluding hydrogens is 417 g/mol. The summed E-state index contributed by atoms with van der Waals surface area (Å²) in [5, 5.41) is 26.0. The molecule has 0 saturated carbocycles. The Kier molecular flexibility index (Phi) is 6.14. The molecule has 0 aliphatic heterocycles. The number of nitrogens with one attached hydrogen (secondary N) is 1. The number of halogens is 1. The molecule has 0 saturated heterocycles. The predicted octanol–water partition coefficient (Wildman–Crippen LogP) is 6.04. The van der Waals surface area contributed by atoms with Crippen molar-refractivity contribution in [1.82, 2.24) is 10.2 Å². The number of carbonyl (C=O) groups is 1. The first-order valence-electron chi connectivity index (χ1n) is 10.4. The molecule has 0 spiro atoms. The van der Waals surface area contributed by atoms with Crippen molar-refractivity contribution in [3.05, 3.63) is 107 Å². The molecule has 0 bridgehead atoms. The lowest BCUT2D eigenvalue weighted by Gasteiger charge is -2.17. The van der Waals surface area contributed by atoms with E-state index in [2.05, 4.69) is 10.2 Å². The zero-order valence-electron chi connectivity index (χ0n) is 17.8. The molecule has 4 rings (SSSR count). The normalized spacial score (nSPS) is 12.0. The topological polar surface area (TPSA) is 89.8 Å². The molecule has 33 heavy (non-hydrogen) atoms. The standard InChI is InChI=1S/C27H20FN3O2/c1-2-22(23-10-5-18(15-29)13-24(23)28)27(20-9-11-25-21(14-20)16-30-31-25)19-7-3-17(4-8-19)6-12-26(32)33/h3-14,16H,2H2,1H3,(H,30,31)(H,32,33)/b12-6+,27-22+. The fourth-order valence-corrected chi connectivity index (χ4v) is 3.87. The van der Waals surface area contributed by atoms with Gasteiger partial charge in [-0.25, -0.2) is 9.18 Å². The molecule has 4 aromatic rings. The van der Waals surface area contributed by atoms with E-state index in [9.17, 15) is 4.79 Å². The highest BCUT2D eigenvalue weighted by atomic mass is 19.1. The van der Waals surface area contributed by atoms with Crippen molar-refractivity contribution < 1.29 is 14.3 Å². The summed E-state index contributed by atoms with van der Waals surface area (Å²) in [5.74, 6) is -1.47. The molecule has 1 heterocycles. The molecule has 3 aromatic carbocycles. The summed E-state index contributed by atoms with van der Waals surface area (Å²) in [4.78, 5) is 10.8. The number of H-pyrrole nitrogens is 1. The van der Waals surface area contributed by atoms with Crippen LogP contribution in [0.25, 0.3) is 28.1 Å². The van der Waals surface area contributed by atoms with Crippen molar-refractivity contribution in [1.29, 1.82) is 5.26 Å². The molecule has 2 N–H and O–H groups in total. The Balaban J connectivity index is 1.94. The first-order valence-corrected chi connectivity index (χ1v) is 10.4. The number of carboxylic acids is 1. The van der Waals surface area contributed by atoms with Crippen LogP contribution in [-0.4, -0.2) is 21.3 Å². The molecule has 0 amide bonds. The smallest absolute Gasteiger partial charge is 0.328 e. The van der Waals surface area contributed by atoms with Gasteiger partial charge in [-0.2, -0.15) is 10.4 Å². The Morgan fingerprint density at radius 3 is 2.55 bits per heavy atom. The van der Waals surface area contributed by atoms with Crippen LogP contribution in [0.5, 0.6) is 0 Å². The molecule has 0 atom stereocenters. The number of hydrogen-bond donors (Lipinski definition) is 2. The van der Waals surface area contributed by atoms with Crippen molar-refractivity contribution in [3.8, 4) is 6.07 Å². The third-order valence-electron chi connectivity index (χ3n) is 5.43. The lowest BCUT2D eigenvalue weighted by atomic mass is 9.87. The fraction of sp³-hybridized carbons (Fsp3) is 0.0741. The SMILES string of the molecule is CC/C(=C(/c1ccc(/C=C/C(=O)O)cc1)c1ccc2[nH]ncc2c1)c1ccc(C#N)cc1F. The van der Waals surface area contributed by atoms with Crippen molar-refractivity contribution in [2.45, 2.75) is 13.3 Å². The lowest BCUT2D eigenvalue weighted by molar-refractivity contribution is -0.131. The average Bonchev–Trinajstić information content (AvgIpc) is 3.30. The zero-order chi connectivity index (χ0) is 23.4. The van der Waals surface area contributed by atoms with Gasteiger partial charge in [-0.1, -0.05) is 43.3 Å². The molecule has 0 unspecified atom stereocenters. The monoisotopic (exact) mass is 437 g/mol. The summed E-state index contributed by atoms with van der Waals surface area (Å²) < 4.78 is 15.0. The average molecular weight is 437 g/mol. The summed E-state index contributed by atoms with van der Waals surface area (Å²) in [6.07, 6.45) is 4.91. The van der Waals surface area contributed by atoms with E-state index in [1.165, 1.54) is 12.1 Å². The van der Waals surface area contributed by atoms with Gasteiger partial charge in [0.1, 0.15) is 5.82 Å². The van der Waals surface area contributed by atoms with Gasteiger partial charge in [0.2, 0.25) is 0 Å². The van der Waals surface area contributed by atoms with Gasteiger partial charge in [-0.05, 0) is 64.6 Å². The number of aromatic nitrogens is 2. The molecule has 0 aliphatic carbocycles. The zero-order valence-corrected chi connectivity index (χ0v) is 17.8. The van der Waals surface area contributed by atoms with Gasteiger partial charge in [0.15, 0.2) is 0 Å². The van der Waals surface area contributed by atoms with Gasteiger partial charge < -0.3 is 5.11 Å². The van der Waals surface area contributed by atoms with Crippen LogP contribution in [0.4, 0.5) is 4.39 Å². The van der Waals surface area contributed by atoms with Crippen molar-refractivity contribution >= 4 is 34.1 Å². The van der Waals surface area contributed by atoms with Gasteiger partial charge >= 0.3 is 5.97 Å². The van der Waals surface area contributed by atoms with Crippen LogP contribution in [0.1, 0.15) is 41.2 Å². The quantitative estimate of drug-likeness (QED) is 0.284.